The van der Waals surface area contributed by atoms with Crippen molar-refractivity contribution < 1.29 is 0 Å². The van der Waals surface area contributed by atoms with Crippen LogP contribution in [0.3, 0.4) is 0 Å². The lowest BCUT2D eigenvalue weighted by atomic mass is 10.0. The Hall–Kier alpha value is -1.88. The second-order valence-electron chi connectivity index (χ2n) is 5.52. The molecule has 0 amide bonds. The zero-order valence-electron chi connectivity index (χ0n) is 11.9. The summed E-state index contributed by atoms with van der Waals surface area (Å²) in [5.74, 6) is 0. The van der Waals surface area contributed by atoms with Crippen LogP contribution in [0.2, 0.25) is 0 Å². The molecule has 1 aromatic heterocycles. The summed E-state index contributed by atoms with van der Waals surface area (Å²) < 4.78 is 1.84. The lowest BCUT2D eigenvalue weighted by molar-refractivity contribution is 0.264. The monoisotopic (exact) mass is 271 g/mol. The van der Waals surface area contributed by atoms with Crippen molar-refractivity contribution in [2.24, 2.45) is 0 Å². The molecule has 1 aliphatic rings. The fraction of sp³-hybridized carbons (Fsp3) is 0.467. The van der Waals surface area contributed by atoms with Gasteiger partial charge in [-0.2, -0.15) is 5.10 Å². The van der Waals surface area contributed by atoms with Crippen molar-refractivity contribution in [3.8, 4) is 0 Å². The molecule has 0 radical (unpaired) electrons. The van der Waals surface area contributed by atoms with Gasteiger partial charge in [0.1, 0.15) is 12.7 Å². The topological polar surface area (TPSA) is 46.0 Å². The van der Waals surface area contributed by atoms with Gasteiger partial charge in [0.15, 0.2) is 0 Å². The van der Waals surface area contributed by atoms with E-state index in [1.54, 1.807) is 12.7 Å². The Morgan fingerprint density at radius 2 is 2.15 bits per heavy atom. The minimum atomic E-state index is 0.591. The molecular formula is C15H21N5. The van der Waals surface area contributed by atoms with Crippen LogP contribution < -0.4 is 5.32 Å². The first kappa shape index (κ1) is 13.1. The maximum Gasteiger partial charge on any atom is 0.137 e. The highest BCUT2D eigenvalue weighted by Gasteiger charge is 2.16. The molecule has 3 rings (SSSR count). The van der Waals surface area contributed by atoms with Crippen molar-refractivity contribution in [2.45, 2.75) is 25.4 Å². The molecular weight excluding hydrogens is 250 g/mol. The third-order valence-corrected chi connectivity index (χ3v) is 3.83. The summed E-state index contributed by atoms with van der Waals surface area (Å²) in [4.78, 5) is 6.36. The van der Waals surface area contributed by atoms with E-state index in [4.69, 9.17) is 0 Å². The summed E-state index contributed by atoms with van der Waals surface area (Å²) in [6.07, 6.45) is 5.74. The van der Waals surface area contributed by atoms with E-state index in [9.17, 15) is 0 Å². The lowest BCUT2D eigenvalue weighted by Gasteiger charge is -2.30. The Balaban J connectivity index is 1.62. The summed E-state index contributed by atoms with van der Waals surface area (Å²) in [5, 5.41) is 7.79. The van der Waals surface area contributed by atoms with E-state index >= 15 is 0 Å². The van der Waals surface area contributed by atoms with Gasteiger partial charge in [-0.05, 0) is 50.7 Å². The molecule has 0 bridgehead atoms. The highest BCUT2D eigenvalue weighted by atomic mass is 15.3. The first-order valence-corrected chi connectivity index (χ1v) is 7.16. The van der Waals surface area contributed by atoms with Crippen LogP contribution in [-0.2, 0) is 6.54 Å². The van der Waals surface area contributed by atoms with Crippen molar-refractivity contribution in [1.82, 2.24) is 19.7 Å². The maximum absolute atomic E-state index is 4.14. The van der Waals surface area contributed by atoms with Crippen LogP contribution in [0, 0.1) is 0 Å². The van der Waals surface area contributed by atoms with Gasteiger partial charge in [-0.3, -0.25) is 0 Å². The Kier molecular flexibility index (Phi) is 3.97. The number of hydrogen-bond acceptors (Lipinski definition) is 4. The van der Waals surface area contributed by atoms with Crippen LogP contribution in [-0.4, -0.2) is 45.8 Å². The van der Waals surface area contributed by atoms with Gasteiger partial charge in [-0.15, -0.1) is 0 Å². The summed E-state index contributed by atoms with van der Waals surface area (Å²) in [6.45, 7) is 3.12. The summed E-state index contributed by atoms with van der Waals surface area (Å²) in [6, 6.07) is 9.17. The smallest absolute Gasteiger partial charge is 0.137 e. The Bertz CT molecular complexity index is 529. The fourth-order valence-corrected chi connectivity index (χ4v) is 2.65. The zero-order valence-corrected chi connectivity index (χ0v) is 11.9. The quantitative estimate of drug-likeness (QED) is 0.921. The number of anilines is 1. The average Bonchev–Trinajstić information content (AvgIpc) is 2.95. The first-order chi connectivity index (χ1) is 9.79. The van der Waals surface area contributed by atoms with Crippen LogP contribution >= 0.6 is 0 Å². The van der Waals surface area contributed by atoms with E-state index in [-0.39, 0.29) is 0 Å². The van der Waals surface area contributed by atoms with Gasteiger partial charge in [0.05, 0.1) is 6.54 Å². The number of hydrogen-bond donors (Lipinski definition) is 1. The van der Waals surface area contributed by atoms with Gasteiger partial charge in [-0.25, -0.2) is 9.67 Å². The van der Waals surface area contributed by atoms with Crippen LogP contribution in [0.4, 0.5) is 5.69 Å². The SMILES string of the molecule is CN1CCC(Nc2cccc(Cn3cncn3)c2)CC1. The van der Waals surface area contributed by atoms with E-state index in [1.165, 1.54) is 37.2 Å². The molecule has 0 unspecified atom stereocenters. The summed E-state index contributed by atoms with van der Waals surface area (Å²) in [5.41, 5.74) is 2.45. The minimum absolute atomic E-state index is 0.591. The number of rotatable bonds is 4. The molecule has 1 N–H and O–H groups in total. The van der Waals surface area contributed by atoms with Gasteiger partial charge in [0.2, 0.25) is 0 Å². The molecule has 1 saturated heterocycles. The fourth-order valence-electron chi connectivity index (χ4n) is 2.65. The maximum atomic E-state index is 4.14. The number of likely N-dealkylation sites (tertiary alicyclic amines) is 1. The minimum Gasteiger partial charge on any atom is -0.382 e. The molecule has 1 aliphatic heterocycles. The molecule has 5 nitrogen and oxygen atoms in total. The molecule has 5 heteroatoms. The van der Waals surface area contributed by atoms with Crippen LogP contribution in [0.5, 0.6) is 0 Å². The standard InChI is InChI=1S/C15H21N5/c1-19-7-5-14(6-8-19)18-15-4-2-3-13(9-15)10-20-12-16-11-17-20/h2-4,9,11-12,14,18H,5-8,10H2,1H3. The summed E-state index contributed by atoms with van der Waals surface area (Å²) >= 11 is 0. The normalized spacial score (nSPS) is 17.2. The van der Waals surface area contributed by atoms with Gasteiger partial charge in [-0.1, -0.05) is 12.1 Å². The van der Waals surface area contributed by atoms with Crippen molar-refractivity contribution in [3.63, 3.8) is 0 Å². The highest BCUT2D eigenvalue weighted by Crippen LogP contribution is 2.17. The predicted octanol–water partition coefficient (Wildman–Crippen LogP) is 1.83. The van der Waals surface area contributed by atoms with E-state index in [0.29, 0.717) is 6.04 Å². The van der Waals surface area contributed by atoms with Crippen molar-refractivity contribution in [1.29, 1.82) is 0 Å². The molecule has 2 aromatic rings. The summed E-state index contributed by atoms with van der Waals surface area (Å²) in [7, 11) is 2.19. The molecule has 0 spiro atoms. The average molecular weight is 271 g/mol. The number of nitrogens with zero attached hydrogens (tertiary/aromatic N) is 4. The third-order valence-electron chi connectivity index (χ3n) is 3.83. The molecule has 1 aromatic carbocycles. The van der Waals surface area contributed by atoms with Crippen LogP contribution in [0.1, 0.15) is 18.4 Å². The van der Waals surface area contributed by atoms with Gasteiger partial charge < -0.3 is 10.2 Å². The Morgan fingerprint density at radius 1 is 1.30 bits per heavy atom. The predicted molar refractivity (Wildman–Crippen MR) is 79.7 cm³/mol. The van der Waals surface area contributed by atoms with Crippen LogP contribution in [0.25, 0.3) is 0 Å². The molecule has 20 heavy (non-hydrogen) atoms. The molecule has 2 heterocycles. The van der Waals surface area contributed by atoms with E-state index in [2.05, 4.69) is 51.6 Å². The lowest BCUT2D eigenvalue weighted by Crippen LogP contribution is -2.36. The van der Waals surface area contributed by atoms with Gasteiger partial charge in [0, 0.05) is 11.7 Å². The van der Waals surface area contributed by atoms with Gasteiger partial charge >= 0.3 is 0 Å². The Labute approximate surface area is 119 Å². The van der Waals surface area contributed by atoms with E-state index < -0.39 is 0 Å². The zero-order chi connectivity index (χ0) is 13.8. The highest BCUT2D eigenvalue weighted by molar-refractivity contribution is 5.46. The number of aromatic nitrogens is 3. The van der Waals surface area contributed by atoms with E-state index in [0.717, 1.165) is 6.54 Å². The van der Waals surface area contributed by atoms with Crippen molar-refractivity contribution in [3.05, 3.63) is 42.5 Å². The second kappa shape index (κ2) is 6.05. The first-order valence-electron chi connectivity index (χ1n) is 7.16. The number of nitrogens with one attached hydrogen (secondary N) is 1. The Morgan fingerprint density at radius 3 is 2.90 bits per heavy atom. The van der Waals surface area contributed by atoms with Gasteiger partial charge in [0.25, 0.3) is 0 Å². The molecule has 0 saturated carbocycles. The number of piperidine rings is 1. The second-order valence-corrected chi connectivity index (χ2v) is 5.52. The van der Waals surface area contributed by atoms with E-state index in [1.807, 2.05) is 4.68 Å². The van der Waals surface area contributed by atoms with Crippen LogP contribution in [0.15, 0.2) is 36.9 Å². The van der Waals surface area contributed by atoms with Crippen molar-refractivity contribution in [2.75, 3.05) is 25.5 Å². The third kappa shape index (κ3) is 3.36. The molecule has 1 fully saturated rings. The molecule has 106 valence electrons. The molecule has 0 aliphatic carbocycles. The molecule has 0 atom stereocenters. The van der Waals surface area contributed by atoms with Crippen molar-refractivity contribution >= 4 is 5.69 Å². The number of benzene rings is 1. The largest absolute Gasteiger partial charge is 0.382 e.